The van der Waals surface area contributed by atoms with Crippen molar-refractivity contribution in [2.75, 3.05) is 24.7 Å². The zero-order valence-corrected chi connectivity index (χ0v) is 21.3. The molecule has 0 saturated carbocycles. The minimum absolute atomic E-state index is 0.187. The standard InChI is InChI=1S/C27H34O5S2/c28-25(21-9-13-23(14-10-21)26(29)31-17-5-1-3-7-19-33)22-11-15-24(16-12-22)27(30)32-18-6-2-4-8-20-34/h9-16,33-34H,1-8,17-20H2. The van der Waals surface area contributed by atoms with E-state index in [-0.39, 0.29) is 5.78 Å². The lowest BCUT2D eigenvalue weighted by molar-refractivity contribution is 0.0488. The molecule has 0 aliphatic rings. The number of rotatable bonds is 16. The summed E-state index contributed by atoms with van der Waals surface area (Å²) < 4.78 is 10.6. The van der Waals surface area contributed by atoms with Crippen LogP contribution in [-0.4, -0.2) is 42.4 Å². The molecule has 5 nitrogen and oxygen atoms in total. The molecular formula is C27H34O5S2. The summed E-state index contributed by atoms with van der Waals surface area (Å²) in [6.45, 7) is 0.772. The molecule has 0 fully saturated rings. The molecule has 0 N–H and O–H groups in total. The molecule has 2 aromatic carbocycles. The van der Waals surface area contributed by atoms with Crippen LogP contribution in [0.4, 0.5) is 0 Å². The van der Waals surface area contributed by atoms with Gasteiger partial charge >= 0.3 is 11.9 Å². The summed E-state index contributed by atoms with van der Waals surface area (Å²) in [4.78, 5) is 37.1. The van der Waals surface area contributed by atoms with Gasteiger partial charge in [-0.2, -0.15) is 25.3 Å². The molecule has 0 unspecified atom stereocenters. The fourth-order valence-electron chi connectivity index (χ4n) is 3.31. The molecule has 0 aliphatic carbocycles. The van der Waals surface area contributed by atoms with Crippen LogP contribution < -0.4 is 0 Å². The minimum atomic E-state index is -0.391. The van der Waals surface area contributed by atoms with Gasteiger partial charge in [-0.25, -0.2) is 9.59 Å². The number of thiol groups is 2. The maximum atomic E-state index is 12.8. The van der Waals surface area contributed by atoms with Crippen LogP contribution in [0, 0.1) is 0 Å². The smallest absolute Gasteiger partial charge is 0.338 e. The van der Waals surface area contributed by atoms with Gasteiger partial charge in [0.05, 0.1) is 24.3 Å². The average Bonchev–Trinajstić information content (AvgIpc) is 2.87. The maximum absolute atomic E-state index is 12.8. The Morgan fingerprint density at radius 2 is 0.824 bits per heavy atom. The zero-order valence-electron chi connectivity index (χ0n) is 19.5. The van der Waals surface area contributed by atoms with Crippen molar-refractivity contribution in [1.82, 2.24) is 0 Å². The van der Waals surface area contributed by atoms with E-state index < -0.39 is 11.9 Å². The Morgan fingerprint density at radius 1 is 0.500 bits per heavy atom. The molecule has 0 spiro atoms. The van der Waals surface area contributed by atoms with Gasteiger partial charge in [0.2, 0.25) is 0 Å². The quantitative estimate of drug-likeness (QED) is 0.124. The first-order valence-electron chi connectivity index (χ1n) is 11.9. The van der Waals surface area contributed by atoms with E-state index in [1.54, 1.807) is 48.5 Å². The highest BCUT2D eigenvalue weighted by Gasteiger charge is 2.13. The molecule has 0 amide bonds. The van der Waals surface area contributed by atoms with Crippen LogP contribution in [0.5, 0.6) is 0 Å². The van der Waals surface area contributed by atoms with Crippen molar-refractivity contribution in [1.29, 1.82) is 0 Å². The fraction of sp³-hybridized carbons (Fsp3) is 0.444. The molecule has 7 heteroatoms. The predicted molar refractivity (Wildman–Crippen MR) is 142 cm³/mol. The highest BCUT2D eigenvalue weighted by Crippen LogP contribution is 2.14. The predicted octanol–water partition coefficient (Wildman–Crippen LogP) is 6.21. The van der Waals surface area contributed by atoms with Crippen molar-refractivity contribution in [2.24, 2.45) is 0 Å². The SMILES string of the molecule is O=C(OCCCCCCS)c1ccc(C(=O)c2ccc(C(=O)OCCCCCCS)cc2)cc1. The number of unbranched alkanes of at least 4 members (excludes halogenated alkanes) is 6. The van der Waals surface area contributed by atoms with E-state index in [4.69, 9.17) is 9.47 Å². The molecule has 0 atom stereocenters. The molecule has 0 aliphatic heterocycles. The van der Waals surface area contributed by atoms with E-state index in [0.29, 0.717) is 35.5 Å². The van der Waals surface area contributed by atoms with Crippen molar-refractivity contribution in [3.8, 4) is 0 Å². The van der Waals surface area contributed by atoms with Crippen molar-refractivity contribution in [2.45, 2.75) is 51.4 Å². The van der Waals surface area contributed by atoms with Crippen LogP contribution in [0.15, 0.2) is 48.5 Å². The Bertz CT molecular complexity index is 821. The van der Waals surface area contributed by atoms with Crippen LogP contribution in [0.3, 0.4) is 0 Å². The topological polar surface area (TPSA) is 69.7 Å². The van der Waals surface area contributed by atoms with Gasteiger partial charge in [0.15, 0.2) is 5.78 Å². The molecule has 0 aromatic heterocycles. The van der Waals surface area contributed by atoms with E-state index in [1.165, 1.54) is 0 Å². The first-order valence-corrected chi connectivity index (χ1v) is 13.1. The number of carbonyl (C=O) groups is 3. The highest BCUT2D eigenvalue weighted by molar-refractivity contribution is 7.80. The normalized spacial score (nSPS) is 10.6. The summed E-state index contributed by atoms with van der Waals surface area (Å²) in [5, 5.41) is 0. The van der Waals surface area contributed by atoms with Crippen molar-refractivity contribution in [3.63, 3.8) is 0 Å². The lowest BCUT2D eigenvalue weighted by Crippen LogP contribution is -2.08. The Balaban J connectivity index is 1.81. The van der Waals surface area contributed by atoms with Crippen LogP contribution in [-0.2, 0) is 9.47 Å². The summed E-state index contributed by atoms with van der Waals surface area (Å²) in [7, 11) is 0. The number of benzene rings is 2. The molecule has 34 heavy (non-hydrogen) atoms. The lowest BCUT2D eigenvalue weighted by atomic mass is 10.0. The zero-order chi connectivity index (χ0) is 24.6. The first kappa shape index (κ1) is 28.0. The van der Waals surface area contributed by atoms with Gasteiger partial charge in [0.1, 0.15) is 0 Å². The Labute approximate surface area is 213 Å². The number of ketones is 1. The second-order valence-corrected chi connectivity index (χ2v) is 8.93. The van der Waals surface area contributed by atoms with E-state index in [9.17, 15) is 14.4 Å². The third-order valence-electron chi connectivity index (χ3n) is 5.34. The summed E-state index contributed by atoms with van der Waals surface area (Å²) in [6, 6.07) is 12.8. The monoisotopic (exact) mass is 502 g/mol. The number of hydrogen-bond donors (Lipinski definition) is 2. The molecule has 184 valence electrons. The second kappa shape index (κ2) is 16.4. The first-order chi connectivity index (χ1) is 16.6. The van der Waals surface area contributed by atoms with Gasteiger partial charge in [-0.1, -0.05) is 49.9 Å². The third-order valence-corrected chi connectivity index (χ3v) is 5.97. The number of hydrogen-bond acceptors (Lipinski definition) is 7. The van der Waals surface area contributed by atoms with Gasteiger partial charge in [-0.05, 0) is 61.5 Å². The Kier molecular flexibility index (Phi) is 13.5. The van der Waals surface area contributed by atoms with Gasteiger partial charge in [0, 0.05) is 11.1 Å². The van der Waals surface area contributed by atoms with E-state index in [2.05, 4.69) is 25.3 Å². The van der Waals surface area contributed by atoms with E-state index in [1.807, 2.05) is 0 Å². The van der Waals surface area contributed by atoms with Crippen molar-refractivity contribution < 1.29 is 23.9 Å². The van der Waals surface area contributed by atoms with Crippen LogP contribution in [0.25, 0.3) is 0 Å². The molecule has 2 rings (SSSR count). The molecule has 0 radical (unpaired) electrons. The number of esters is 2. The maximum Gasteiger partial charge on any atom is 0.338 e. The Morgan fingerprint density at radius 3 is 1.18 bits per heavy atom. The van der Waals surface area contributed by atoms with Gasteiger partial charge in [-0.15, -0.1) is 0 Å². The van der Waals surface area contributed by atoms with E-state index >= 15 is 0 Å². The molecule has 0 saturated heterocycles. The van der Waals surface area contributed by atoms with Crippen molar-refractivity contribution in [3.05, 3.63) is 70.8 Å². The lowest BCUT2D eigenvalue weighted by Gasteiger charge is -2.07. The summed E-state index contributed by atoms with van der Waals surface area (Å²) in [6.07, 6.45) is 7.97. The second-order valence-electron chi connectivity index (χ2n) is 8.03. The molecule has 2 aromatic rings. The summed E-state index contributed by atoms with van der Waals surface area (Å²) in [5.74, 6) is 0.779. The summed E-state index contributed by atoms with van der Waals surface area (Å²) in [5.41, 5.74) is 1.74. The largest absolute Gasteiger partial charge is 0.462 e. The molecule has 0 bridgehead atoms. The van der Waals surface area contributed by atoms with Crippen molar-refractivity contribution >= 4 is 43.0 Å². The van der Waals surface area contributed by atoms with Crippen LogP contribution in [0.2, 0.25) is 0 Å². The number of carbonyl (C=O) groups excluding carboxylic acids is 3. The fourth-order valence-corrected chi connectivity index (χ4v) is 3.76. The number of ether oxygens (including phenoxy) is 2. The van der Waals surface area contributed by atoms with Gasteiger partial charge in [0.25, 0.3) is 0 Å². The minimum Gasteiger partial charge on any atom is -0.462 e. The van der Waals surface area contributed by atoms with E-state index in [0.717, 1.165) is 62.9 Å². The highest BCUT2D eigenvalue weighted by atomic mass is 32.1. The van der Waals surface area contributed by atoms with Gasteiger partial charge < -0.3 is 9.47 Å². The Hall–Kier alpha value is -2.25. The average molecular weight is 503 g/mol. The molecule has 0 heterocycles. The van der Waals surface area contributed by atoms with Crippen LogP contribution in [0.1, 0.15) is 88.0 Å². The third kappa shape index (κ3) is 9.94. The van der Waals surface area contributed by atoms with Crippen LogP contribution >= 0.6 is 25.3 Å². The van der Waals surface area contributed by atoms with Gasteiger partial charge in [-0.3, -0.25) is 4.79 Å². The summed E-state index contributed by atoms with van der Waals surface area (Å²) >= 11 is 8.35. The molecular weight excluding hydrogens is 468 g/mol.